The van der Waals surface area contributed by atoms with Gasteiger partial charge in [0.25, 0.3) is 5.91 Å². The standard InChI is InChI=1S/C27H26FN3O2S/c1-18-11-12-23(19(2)15-18)30-26(32)17-34-25-16-31(24-10-6-4-8-21(24)25)14-13-29-27(33)20-7-3-5-9-22(20)28/h3-12,15-16H,13-14,17H2,1-2H3,(H,29,33)(H,30,32). The molecule has 4 rings (SSSR count). The fraction of sp³-hybridized carbons (Fsp3) is 0.185. The van der Waals surface area contributed by atoms with Crippen LogP contribution in [0, 0.1) is 19.7 Å². The Morgan fingerprint density at radius 3 is 2.56 bits per heavy atom. The Bertz CT molecular complexity index is 1350. The van der Waals surface area contributed by atoms with Gasteiger partial charge in [0.1, 0.15) is 5.82 Å². The van der Waals surface area contributed by atoms with Gasteiger partial charge in [-0.05, 0) is 43.7 Å². The van der Waals surface area contributed by atoms with Crippen LogP contribution in [0.1, 0.15) is 21.5 Å². The lowest BCUT2D eigenvalue weighted by Crippen LogP contribution is -2.27. The Hall–Kier alpha value is -3.58. The first-order valence-corrected chi connectivity index (χ1v) is 12.0. The number of benzene rings is 3. The highest BCUT2D eigenvalue weighted by atomic mass is 32.2. The van der Waals surface area contributed by atoms with Crippen molar-refractivity contribution in [2.45, 2.75) is 25.3 Å². The number of anilines is 1. The summed E-state index contributed by atoms with van der Waals surface area (Å²) in [7, 11) is 0. The van der Waals surface area contributed by atoms with Crippen molar-refractivity contribution >= 4 is 40.2 Å². The lowest BCUT2D eigenvalue weighted by atomic mass is 10.1. The van der Waals surface area contributed by atoms with Crippen LogP contribution in [0.3, 0.4) is 0 Å². The molecule has 0 unspecified atom stereocenters. The summed E-state index contributed by atoms with van der Waals surface area (Å²) in [5, 5.41) is 6.81. The first-order valence-electron chi connectivity index (χ1n) is 11.0. The molecule has 0 aliphatic heterocycles. The third-order valence-electron chi connectivity index (χ3n) is 5.52. The van der Waals surface area contributed by atoms with Gasteiger partial charge >= 0.3 is 0 Å². The minimum Gasteiger partial charge on any atom is -0.350 e. The summed E-state index contributed by atoms with van der Waals surface area (Å²) in [4.78, 5) is 25.8. The molecule has 0 aliphatic carbocycles. The first kappa shape index (κ1) is 23.6. The summed E-state index contributed by atoms with van der Waals surface area (Å²) in [6.07, 6.45) is 2.00. The normalized spacial score (nSPS) is 10.9. The zero-order chi connectivity index (χ0) is 24.1. The molecule has 0 bridgehead atoms. The van der Waals surface area contributed by atoms with Gasteiger partial charge in [0, 0.05) is 40.8 Å². The SMILES string of the molecule is Cc1ccc(NC(=O)CSc2cn(CCNC(=O)c3ccccc3F)c3ccccc23)c(C)c1. The second-order valence-electron chi connectivity index (χ2n) is 8.09. The molecule has 7 heteroatoms. The molecule has 4 aromatic rings. The number of hydrogen-bond donors (Lipinski definition) is 2. The molecule has 0 fully saturated rings. The van der Waals surface area contributed by atoms with Crippen molar-refractivity contribution in [2.75, 3.05) is 17.6 Å². The predicted molar refractivity (Wildman–Crippen MR) is 136 cm³/mol. The predicted octanol–water partition coefficient (Wildman–Crippen LogP) is 5.56. The van der Waals surface area contributed by atoms with E-state index in [4.69, 9.17) is 0 Å². The molecule has 174 valence electrons. The van der Waals surface area contributed by atoms with Gasteiger partial charge in [-0.2, -0.15) is 0 Å². The van der Waals surface area contributed by atoms with E-state index in [0.29, 0.717) is 13.1 Å². The van der Waals surface area contributed by atoms with Crippen molar-refractivity contribution in [3.63, 3.8) is 0 Å². The summed E-state index contributed by atoms with van der Waals surface area (Å²) >= 11 is 1.48. The number of aryl methyl sites for hydroxylation is 2. The minimum absolute atomic E-state index is 0.0333. The Morgan fingerprint density at radius 1 is 1.00 bits per heavy atom. The smallest absolute Gasteiger partial charge is 0.254 e. The number of amides is 2. The Balaban J connectivity index is 1.40. The zero-order valence-corrected chi connectivity index (χ0v) is 19.9. The van der Waals surface area contributed by atoms with Gasteiger partial charge in [-0.1, -0.05) is 48.0 Å². The molecule has 0 saturated carbocycles. The molecule has 1 aromatic heterocycles. The third-order valence-corrected chi connectivity index (χ3v) is 6.57. The molecule has 0 atom stereocenters. The maximum atomic E-state index is 13.8. The summed E-state index contributed by atoms with van der Waals surface area (Å²) < 4.78 is 15.9. The Kier molecular flexibility index (Phi) is 7.33. The molecule has 2 amide bonds. The number of aromatic nitrogens is 1. The van der Waals surface area contributed by atoms with Crippen LogP contribution < -0.4 is 10.6 Å². The molecule has 0 aliphatic rings. The number of hydrogen-bond acceptors (Lipinski definition) is 3. The average molecular weight is 476 g/mol. The highest BCUT2D eigenvalue weighted by Gasteiger charge is 2.13. The van der Waals surface area contributed by atoms with Crippen LogP contribution in [0.4, 0.5) is 10.1 Å². The van der Waals surface area contributed by atoms with Crippen LogP contribution in [0.5, 0.6) is 0 Å². The van der Waals surface area contributed by atoms with Crippen LogP contribution >= 0.6 is 11.8 Å². The summed E-state index contributed by atoms with van der Waals surface area (Å²) in [5.41, 5.74) is 4.06. The zero-order valence-electron chi connectivity index (χ0n) is 19.1. The summed E-state index contributed by atoms with van der Waals surface area (Å²) in [6.45, 7) is 4.88. The number of halogens is 1. The maximum Gasteiger partial charge on any atom is 0.254 e. The van der Waals surface area contributed by atoms with E-state index in [9.17, 15) is 14.0 Å². The topological polar surface area (TPSA) is 63.1 Å². The third kappa shape index (κ3) is 5.48. The number of nitrogens with zero attached hydrogens (tertiary/aromatic N) is 1. The molecule has 5 nitrogen and oxygen atoms in total. The molecular weight excluding hydrogens is 449 g/mol. The van der Waals surface area contributed by atoms with Crippen molar-refractivity contribution in [3.8, 4) is 0 Å². The molecule has 3 aromatic carbocycles. The largest absolute Gasteiger partial charge is 0.350 e. The van der Waals surface area contributed by atoms with E-state index in [2.05, 4.69) is 10.6 Å². The number of carbonyl (C=O) groups is 2. The van der Waals surface area contributed by atoms with E-state index in [1.54, 1.807) is 12.1 Å². The number of fused-ring (bicyclic) bond motifs is 1. The molecular formula is C27H26FN3O2S. The van der Waals surface area contributed by atoms with Gasteiger partial charge < -0.3 is 15.2 Å². The number of rotatable bonds is 8. The highest BCUT2D eigenvalue weighted by Crippen LogP contribution is 2.30. The summed E-state index contributed by atoms with van der Waals surface area (Å²) in [6, 6.07) is 19.8. The van der Waals surface area contributed by atoms with Gasteiger partial charge in [-0.3, -0.25) is 9.59 Å². The van der Waals surface area contributed by atoms with Gasteiger partial charge in [-0.25, -0.2) is 4.39 Å². The van der Waals surface area contributed by atoms with Crippen LogP contribution in [0.15, 0.2) is 77.8 Å². The number of carbonyl (C=O) groups excluding carboxylic acids is 2. The van der Waals surface area contributed by atoms with Crippen LogP contribution in [0.25, 0.3) is 10.9 Å². The van der Waals surface area contributed by atoms with Crippen LogP contribution in [-0.4, -0.2) is 28.7 Å². The average Bonchev–Trinajstić information content (AvgIpc) is 3.17. The van der Waals surface area contributed by atoms with Gasteiger partial charge in [0.15, 0.2) is 0 Å². The van der Waals surface area contributed by atoms with Gasteiger partial charge in [0.05, 0.1) is 11.3 Å². The monoisotopic (exact) mass is 475 g/mol. The molecule has 0 spiro atoms. The number of para-hydroxylation sites is 1. The fourth-order valence-corrected chi connectivity index (χ4v) is 4.72. The van der Waals surface area contributed by atoms with Crippen molar-refractivity contribution in [1.82, 2.24) is 9.88 Å². The molecule has 0 radical (unpaired) electrons. The van der Waals surface area contributed by atoms with Crippen LogP contribution in [-0.2, 0) is 11.3 Å². The van der Waals surface area contributed by atoms with Crippen molar-refractivity contribution in [2.24, 2.45) is 0 Å². The molecule has 0 saturated heterocycles. The first-order chi connectivity index (χ1) is 16.4. The van der Waals surface area contributed by atoms with Gasteiger partial charge in [0.2, 0.25) is 5.91 Å². The van der Waals surface area contributed by atoms with E-state index in [-0.39, 0.29) is 17.2 Å². The second kappa shape index (κ2) is 10.6. The summed E-state index contributed by atoms with van der Waals surface area (Å²) in [5.74, 6) is -0.756. The van der Waals surface area contributed by atoms with Gasteiger partial charge in [-0.15, -0.1) is 11.8 Å². The second-order valence-corrected chi connectivity index (χ2v) is 9.11. The Labute approximate surface area is 202 Å². The quantitative estimate of drug-likeness (QED) is 0.328. The fourth-order valence-electron chi connectivity index (χ4n) is 3.83. The molecule has 2 N–H and O–H groups in total. The van der Waals surface area contributed by atoms with E-state index in [1.807, 2.05) is 67.1 Å². The maximum absolute atomic E-state index is 13.8. The van der Waals surface area contributed by atoms with Crippen LogP contribution in [0.2, 0.25) is 0 Å². The highest BCUT2D eigenvalue weighted by molar-refractivity contribution is 8.00. The lowest BCUT2D eigenvalue weighted by molar-refractivity contribution is -0.113. The number of thioether (sulfide) groups is 1. The van der Waals surface area contributed by atoms with Crippen molar-refractivity contribution in [1.29, 1.82) is 0 Å². The van der Waals surface area contributed by atoms with E-state index < -0.39 is 11.7 Å². The minimum atomic E-state index is -0.538. The Morgan fingerprint density at radius 2 is 1.76 bits per heavy atom. The molecule has 34 heavy (non-hydrogen) atoms. The van der Waals surface area contributed by atoms with Crippen molar-refractivity contribution in [3.05, 3.63) is 95.4 Å². The van der Waals surface area contributed by atoms with E-state index in [0.717, 1.165) is 32.6 Å². The van der Waals surface area contributed by atoms with E-state index >= 15 is 0 Å². The number of nitrogens with one attached hydrogen (secondary N) is 2. The molecule has 1 heterocycles. The van der Waals surface area contributed by atoms with Crippen molar-refractivity contribution < 1.29 is 14.0 Å². The lowest BCUT2D eigenvalue weighted by Gasteiger charge is -2.09. The van der Waals surface area contributed by atoms with E-state index in [1.165, 1.54) is 23.9 Å².